The lowest BCUT2D eigenvalue weighted by molar-refractivity contribution is 0.254. The Morgan fingerprint density at radius 3 is 2.72 bits per heavy atom. The Labute approximate surface area is 187 Å². The molecule has 0 radical (unpaired) electrons. The van der Waals surface area contributed by atoms with Gasteiger partial charge in [-0.15, -0.1) is 0 Å². The molecule has 0 saturated carbocycles. The van der Waals surface area contributed by atoms with Crippen LogP contribution < -0.4 is 16.4 Å². The molecule has 32 heavy (non-hydrogen) atoms. The average molecular weight is 442 g/mol. The third kappa shape index (κ3) is 4.38. The molecule has 7 nitrogen and oxygen atoms in total. The smallest absolute Gasteiger partial charge is 0.157 e. The fourth-order valence-corrected chi connectivity index (χ4v) is 4.43. The molecule has 1 saturated heterocycles. The van der Waals surface area contributed by atoms with E-state index in [4.69, 9.17) is 10.8 Å². The van der Waals surface area contributed by atoms with E-state index in [1.54, 1.807) is 6.20 Å². The molecule has 0 spiro atoms. The minimum atomic E-state index is -0.574. The maximum Gasteiger partial charge on any atom is 0.157 e. The van der Waals surface area contributed by atoms with Crippen molar-refractivity contribution in [3.8, 4) is 0 Å². The first-order valence-electron chi connectivity index (χ1n) is 10.8. The van der Waals surface area contributed by atoms with Crippen molar-refractivity contribution in [3.63, 3.8) is 0 Å². The molecule has 0 aliphatic carbocycles. The fraction of sp³-hybridized carbons (Fsp3) is 0.391. The number of hydrogen-bond donors (Lipinski definition) is 3. The van der Waals surface area contributed by atoms with Gasteiger partial charge in [0, 0.05) is 69.5 Å². The van der Waals surface area contributed by atoms with Crippen molar-refractivity contribution in [3.05, 3.63) is 71.2 Å². The molecule has 170 valence electrons. The molecule has 0 amide bonds. The maximum absolute atomic E-state index is 14.0. The van der Waals surface area contributed by atoms with Crippen LogP contribution in [-0.4, -0.2) is 60.5 Å². The van der Waals surface area contributed by atoms with E-state index in [2.05, 4.69) is 20.5 Å². The van der Waals surface area contributed by atoms with Gasteiger partial charge in [0.25, 0.3) is 0 Å². The Kier molecular flexibility index (Phi) is 6.55. The molecule has 2 aliphatic rings. The first kappa shape index (κ1) is 22.0. The van der Waals surface area contributed by atoms with Crippen molar-refractivity contribution in [2.45, 2.75) is 24.9 Å². The summed E-state index contributed by atoms with van der Waals surface area (Å²) in [7, 11) is 3.85. The number of pyridine rings is 1. The second kappa shape index (κ2) is 9.52. The van der Waals surface area contributed by atoms with Crippen LogP contribution in [0.3, 0.4) is 0 Å². The van der Waals surface area contributed by atoms with Crippen LogP contribution in [-0.2, 0) is 0 Å². The van der Waals surface area contributed by atoms with Crippen molar-refractivity contribution in [2.24, 2.45) is 10.8 Å². The number of anilines is 1. The molecule has 3 heterocycles. The number of likely N-dealkylation sites (N-methyl/N-ethyl adjacent to an activating group) is 2. The first-order chi connectivity index (χ1) is 15.5. The van der Waals surface area contributed by atoms with Gasteiger partial charge in [0.15, 0.2) is 5.84 Å². The Morgan fingerprint density at radius 1 is 1.25 bits per heavy atom. The highest BCUT2D eigenvalue weighted by Crippen LogP contribution is 2.34. The van der Waals surface area contributed by atoms with Crippen LogP contribution in [0.2, 0.25) is 0 Å². The number of rotatable bonds is 5. The van der Waals surface area contributed by atoms with E-state index in [0.29, 0.717) is 12.2 Å². The summed E-state index contributed by atoms with van der Waals surface area (Å²) in [5, 5.41) is 13.3. The summed E-state index contributed by atoms with van der Waals surface area (Å²) in [5.41, 5.74) is 9.22. The van der Waals surface area contributed by atoms with E-state index < -0.39 is 11.6 Å². The van der Waals surface area contributed by atoms with Gasteiger partial charge in [-0.3, -0.25) is 9.99 Å². The number of hydrazone groups is 1. The number of likely N-dealkylation sites (tertiary alicyclic amines) is 1. The molecule has 0 bridgehead atoms. The van der Waals surface area contributed by atoms with Crippen LogP contribution in [0.15, 0.2) is 53.5 Å². The Bertz CT molecular complexity index is 1020. The van der Waals surface area contributed by atoms with Gasteiger partial charge in [0.05, 0.1) is 5.69 Å². The lowest BCUT2D eigenvalue weighted by atomic mass is 9.95. The minimum absolute atomic E-state index is 0.0639. The average Bonchev–Trinajstić information content (AvgIpc) is 2.80. The summed E-state index contributed by atoms with van der Waals surface area (Å²) >= 11 is 0. The predicted molar refractivity (Wildman–Crippen MR) is 122 cm³/mol. The van der Waals surface area contributed by atoms with Crippen molar-refractivity contribution in [2.75, 3.05) is 39.0 Å². The third-order valence-corrected chi connectivity index (χ3v) is 6.02. The van der Waals surface area contributed by atoms with Gasteiger partial charge in [-0.2, -0.15) is 5.10 Å². The molecule has 1 atom stereocenters. The highest BCUT2D eigenvalue weighted by Gasteiger charge is 2.33. The molecular formula is C23H29F2N7. The van der Waals surface area contributed by atoms with E-state index in [1.807, 2.05) is 37.4 Å². The van der Waals surface area contributed by atoms with Gasteiger partial charge < -0.3 is 21.3 Å². The van der Waals surface area contributed by atoms with Gasteiger partial charge in [0.2, 0.25) is 0 Å². The highest BCUT2D eigenvalue weighted by molar-refractivity contribution is 6.00. The Morgan fingerprint density at radius 2 is 2.03 bits per heavy atom. The number of nitrogens with one attached hydrogen (secondary N) is 2. The van der Waals surface area contributed by atoms with Crippen LogP contribution in [0.1, 0.15) is 30.0 Å². The van der Waals surface area contributed by atoms with E-state index in [-0.39, 0.29) is 12.1 Å². The third-order valence-electron chi connectivity index (χ3n) is 6.02. The van der Waals surface area contributed by atoms with Gasteiger partial charge in [-0.05, 0) is 42.7 Å². The van der Waals surface area contributed by atoms with Gasteiger partial charge in [-0.25, -0.2) is 8.78 Å². The molecule has 2 aromatic rings. The molecule has 1 unspecified atom stereocenters. The first-order valence-corrected chi connectivity index (χ1v) is 10.8. The zero-order chi connectivity index (χ0) is 22.7. The van der Waals surface area contributed by atoms with Gasteiger partial charge in [0.1, 0.15) is 17.7 Å². The van der Waals surface area contributed by atoms with Crippen LogP contribution in [0.25, 0.3) is 0 Å². The number of aromatic nitrogens is 1. The fourth-order valence-electron chi connectivity index (χ4n) is 4.43. The SMILES string of the molecule is CN/C(=C\CN)C1c2ccncc2C(N2CCC(Nc3ccc(F)cc3F)CC2)=NN1C. The van der Waals surface area contributed by atoms with Gasteiger partial charge >= 0.3 is 0 Å². The van der Waals surface area contributed by atoms with Crippen LogP contribution in [0, 0.1) is 11.6 Å². The Hall–Kier alpha value is -3.20. The molecule has 4 rings (SSSR count). The molecule has 1 aromatic heterocycles. The lowest BCUT2D eigenvalue weighted by Gasteiger charge is -2.40. The van der Waals surface area contributed by atoms with Crippen molar-refractivity contribution in [1.29, 1.82) is 0 Å². The summed E-state index contributed by atoms with van der Waals surface area (Å²) < 4.78 is 27.2. The minimum Gasteiger partial charge on any atom is -0.390 e. The topological polar surface area (TPSA) is 81.8 Å². The molecule has 9 heteroatoms. The van der Waals surface area contributed by atoms with Crippen LogP contribution >= 0.6 is 0 Å². The quantitative estimate of drug-likeness (QED) is 0.662. The lowest BCUT2D eigenvalue weighted by Crippen LogP contribution is -2.46. The number of halogens is 2. The maximum atomic E-state index is 14.0. The molecule has 2 aliphatic heterocycles. The van der Waals surface area contributed by atoms with Crippen molar-refractivity contribution in [1.82, 2.24) is 20.2 Å². The summed E-state index contributed by atoms with van der Waals surface area (Å²) in [4.78, 5) is 6.59. The molecule has 1 aromatic carbocycles. The van der Waals surface area contributed by atoms with E-state index in [0.717, 1.165) is 54.7 Å². The van der Waals surface area contributed by atoms with Crippen LogP contribution in [0.4, 0.5) is 14.5 Å². The number of piperidine rings is 1. The summed E-state index contributed by atoms with van der Waals surface area (Å²) in [6, 6.07) is 5.70. The number of amidine groups is 1. The number of nitrogens with zero attached hydrogens (tertiary/aromatic N) is 4. The zero-order valence-electron chi connectivity index (χ0n) is 18.4. The number of hydrogen-bond acceptors (Lipinski definition) is 7. The number of benzene rings is 1. The summed E-state index contributed by atoms with van der Waals surface area (Å²) in [6.07, 6.45) is 7.26. The molecule has 4 N–H and O–H groups in total. The number of nitrogens with two attached hydrogens (primary N) is 1. The number of fused-ring (bicyclic) bond motifs is 1. The van der Waals surface area contributed by atoms with Crippen LogP contribution in [0.5, 0.6) is 0 Å². The standard InChI is InChI=1S/C23H29F2N7/c1-27-21(5-9-26)22-17-6-10-28-14-18(17)23(30-31(22)2)32-11-7-16(8-12-32)29-20-4-3-15(24)13-19(20)25/h3-6,10,13-14,16,22,27,29H,7-9,11-12,26H2,1-2H3/b21-5-. The zero-order valence-corrected chi connectivity index (χ0v) is 18.4. The normalized spacial score (nSPS) is 19.5. The molecular weight excluding hydrogens is 412 g/mol. The van der Waals surface area contributed by atoms with E-state index in [1.165, 1.54) is 12.1 Å². The van der Waals surface area contributed by atoms with E-state index >= 15 is 0 Å². The summed E-state index contributed by atoms with van der Waals surface area (Å²) in [5.74, 6) is -0.250. The van der Waals surface area contributed by atoms with Crippen molar-refractivity contribution >= 4 is 11.5 Å². The monoisotopic (exact) mass is 441 g/mol. The molecule has 1 fully saturated rings. The summed E-state index contributed by atoms with van der Waals surface area (Å²) in [6.45, 7) is 1.97. The van der Waals surface area contributed by atoms with Gasteiger partial charge in [-0.1, -0.05) is 0 Å². The highest BCUT2D eigenvalue weighted by atomic mass is 19.1. The van der Waals surface area contributed by atoms with E-state index in [9.17, 15) is 8.78 Å². The Balaban J connectivity index is 1.51. The second-order valence-corrected chi connectivity index (χ2v) is 8.04. The second-order valence-electron chi connectivity index (χ2n) is 8.04. The predicted octanol–water partition coefficient (Wildman–Crippen LogP) is 2.65. The largest absolute Gasteiger partial charge is 0.390 e. The van der Waals surface area contributed by atoms with Crippen molar-refractivity contribution < 1.29 is 8.78 Å².